The molecule has 1 aromatic heterocycles. The number of nitrogens with zero attached hydrogens (tertiary/aromatic N) is 4. The van der Waals surface area contributed by atoms with Crippen LogP contribution in [-0.2, 0) is 0 Å². The van der Waals surface area contributed by atoms with Crippen molar-refractivity contribution in [1.29, 1.82) is 5.26 Å². The first-order chi connectivity index (χ1) is 11.3. The van der Waals surface area contributed by atoms with Gasteiger partial charge in [-0.25, -0.2) is 4.98 Å². The standard InChI is InChI=1S/C18H20N4O/c1-14-18(21-9-8-20-14)23-13-16-6-10-22(11-7-16)17-4-2-15(12-19)3-5-17/h2-5,8-9,16H,6-7,10-11,13H2,1H3. The Balaban J connectivity index is 1.50. The Morgan fingerprint density at radius 1 is 1.17 bits per heavy atom. The lowest BCUT2D eigenvalue weighted by atomic mass is 9.97. The molecule has 118 valence electrons. The number of anilines is 1. The maximum atomic E-state index is 8.86. The van der Waals surface area contributed by atoms with E-state index < -0.39 is 0 Å². The summed E-state index contributed by atoms with van der Waals surface area (Å²) in [7, 11) is 0. The van der Waals surface area contributed by atoms with E-state index in [9.17, 15) is 0 Å². The summed E-state index contributed by atoms with van der Waals surface area (Å²) in [6.45, 7) is 4.63. The summed E-state index contributed by atoms with van der Waals surface area (Å²) in [5, 5.41) is 8.86. The molecule has 5 nitrogen and oxygen atoms in total. The first-order valence-electron chi connectivity index (χ1n) is 7.92. The highest BCUT2D eigenvalue weighted by atomic mass is 16.5. The van der Waals surface area contributed by atoms with Crippen molar-refractivity contribution in [3.05, 3.63) is 47.9 Å². The normalized spacial score (nSPS) is 15.2. The third kappa shape index (κ3) is 3.78. The molecule has 23 heavy (non-hydrogen) atoms. The van der Waals surface area contributed by atoms with Gasteiger partial charge in [0.2, 0.25) is 5.88 Å². The van der Waals surface area contributed by atoms with E-state index in [0.29, 0.717) is 24.0 Å². The summed E-state index contributed by atoms with van der Waals surface area (Å²) in [6, 6.07) is 9.96. The second-order valence-electron chi connectivity index (χ2n) is 5.85. The van der Waals surface area contributed by atoms with Gasteiger partial charge in [0.25, 0.3) is 0 Å². The maximum Gasteiger partial charge on any atom is 0.235 e. The van der Waals surface area contributed by atoms with Crippen LogP contribution >= 0.6 is 0 Å². The molecule has 0 atom stereocenters. The van der Waals surface area contributed by atoms with Gasteiger partial charge in [-0.05, 0) is 49.9 Å². The monoisotopic (exact) mass is 308 g/mol. The number of rotatable bonds is 4. The van der Waals surface area contributed by atoms with Crippen molar-refractivity contribution < 1.29 is 4.74 Å². The van der Waals surface area contributed by atoms with Gasteiger partial charge in [0.15, 0.2) is 0 Å². The van der Waals surface area contributed by atoms with Crippen molar-refractivity contribution in [2.24, 2.45) is 5.92 Å². The molecule has 5 heteroatoms. The molecule has 0 unspecified atom stereocenters. The summed E-state index contributed by atoms with van der Waals surface area (Å²) in [5.74, 6) is 1.19. The third-order valence-corrected chi connectivity index (χ3v) is 4.27. The molecule has 0 spiro atoms. The van der Waals surface area contributed by atoms with E-state index in [2.05, 4.69) is 20.9 Å². The molecule has 0 radical (unpaired) electrons. The van der Waals surface area contributed by atoms with Crippen LogP contribution in [0.3, 0.4) is 0 Å². The quantitative estimate of drug-likeness (QED) is 0.869. The first-order valence-corrected chi connectivity index (χ1v) is 7.92. The van der Waals surface area contributed by atoms with Crippen molar-refractivity contribution in [2.75, 3.05) is 24.6 Å². The smallest absolute Gasteiger partial charge is 0.235 e. The average molecular weight is 308 g/mol. The Morgan fingerprint density at radius 2 is 1.87 bits per heavy atom. The minimum atomic E-state index is 0.547. The summed E-state index contributed by atoms with van der Waals surface area (Å²) in [6.07, 6.45) is 5.53. The lowest BCUT2D eigenvalue weighted by Crippen LogP contribution is -2.35. The molecule has 3 rings (SSSR count). The van der Waals surface area contributed by atoms with Gasteiger partial charge in [-0.2, -0.15) is 5.26 Å². The lowest BCUT2D eigenvalue weighted by molar-refractivity contribution is 0.214. The van der Waals surface area contributed by atoms with Crippen LogP contribution in [0.4, 0.5) is 5.69 Å². The zero-order valence-corrected chi connectivity index (χ0v) is 13.3. The second kappa shape index (κ2) is 7.10. The van der Waals surface area contributed by atoms with Crippen molar-refractivity contribution in [3.8, 4) is 11.9 Å². The summed E-state index contributed by atoms with van der Waals surface area (Å²) in [4.78, 5) is 10.8. The van der Waals surface area contributed by atoms with Crippen LogP contribution in [0.2, 0.25) is 0 Å². The minimum Gasteiger partial charge on any atom is -0.476 e. The van der Waals surface area contributed by atoms with Gasteiger partial charge >= 0.3 is 0 Å². The molecule has 0 aliphatic carbocycles. The summed E-state index contributed by atoms with van der Waals surface area (Å²) in [5.41, 5.74) is 2.73. The molecule has 0 N–H and O–H groups in total. The van der Waals surface area contributed by atoms with Gasteiger partial charge in [-0.15, -0.1) is 0 Å². The molecule has 1 aliphatic heterocycles. The van der Waals surface area contributed by atoms with Crippen LogP contribution in [0.1, 0.15) is 24.1 Å². The molecule has 0 saturated carbocycles. The zero-order chi connectivity index (χ0) is 16.1. The Morgan fingerprint density at radius 3 is 2.52 bits per heavy atom. The number of aryl methyl sites for hydroxylation is 1. The predicted octanol–water partition coefficient (Wildman–Crippen LogP) is 2.95. The first kappa shape index (κ1) is 15.3. The molecule has 2 aromatic rings. The molecule has 0 amide bonds. The number of hydrogen-bond acceptors (Lipinski definition) is 5. The van der Waals surface area contributed by atoms with Crippen LogP contribution < -0.4 is 9.64 Å². The van der Waals surface area contributed by atoms with Crippen molar-refractivity contribution in [3.63, 3.8) is 0 Å². The van der Waals surface area contributed by atoms with Gasteiger partial charge in [-0.3, -0.25) is 4.98 Å². The molecule has 0 bridgehead atoms. The molecule has 1 aliphatic rings. The fourth-order valence-corrected chi connectivity index (χ4v) is 2.84. The van der Waals surface area contributed by atoms with Crippen LogP contribution in [0, 0.1) is 24.2 Å². The molecule has 1 aromatic carbocycles. The SMILES string of the molecule is Cc1nccnc1OCC1CCN(c2ccc(C#N)cc2)CC1. The van der Waals surface area contributed by atoms with Crippen LogP contribution in [0.25, 0.3) is 0 Å². The van der Waals surface area contributed by atoms with E-state index in [4.69, 9.17) is 10.00 Å². The number of ether oxygens (including phenoxy) is 1. The topological polar surface area (TPSA) is 62.0 Å². The van der Waals surface area contributed by atoms with Gasteiger partial charge < -0.3 is 9.64 Å². The molecular formula is C18H20N4O. The van der Waals surface area contributed by atoms with Crippen LogP contribution in [0.5, 0.6) is 5.88 Å². The highest BCUT2D eigenvalue weighted by Gasteiger charge is 2.20. The lowest BCUT2D eigenvalue weighted by Gasteiger charge is -2.33. The van der Waals surface area contributed by atoms with E-state index in [0.717, 1.165) is 31.6 Å². The fourth-order valence-electron chi connectivity index (χ4n) is 2.84. The third-order valence-electron chi connectivity index (χ3n) is 4.27. The van der Waals surface area contributed by atoms with E-state index in [-0.39, 0.29) is 0 Å². The molecular weight excluding hydrogens is 288 g/mol. The number of piperidine rings is 1. The number of nitriles is 1. The largest absolute Gasteiger partial charge is 0.476 e. The predicted molar refractivity (Wildman–Crippen MR) is 88.4 cm³/mol. The molecule has 1 fully saturated rings. The highest BCUT2D eigenvalue weighted by Crippen LogP contribution is 2.24. The minimum absolute atomic E-state index is 0.547. The van der Waals surface area contributed by atoms with Gasteiger partial charge in [0.1, 0.15) is 0 Å². The Hall–Kier alpha value is -2.61. The van der Waals surface area contributed by atoms with Crippen LogP contribution in [-0.4, -0.2) is 29.7 Å². The fraction of sp³-hybridized carbons (Fsp3) is 0.389. The van der Waals surface area contributed by atoms with E-state index >= 15 is 0 Å². The van der Waals surface area contributed by atoms with E-state index in [1.165, 1.54) is 5.69 Å². The Kier molecular flexibility index (Phi) is 4.72. The maximum absolute atomic E-state index is 8.86. The van der Waals surface area contributed by atoms with E-state index in [1.807, 2.05) is 31.2 Å². The number of aromatic nitrogens is 2. The number of hydrogen-bond donors (Lipinski definition) is 0. The van der Waals surface area contributed by atoms with Crippen molar-refractivity contribution in [2.45, 2.75) is 19.8 Å². The number of benzene rings is 1. The van der Waals surface area contributed by atoms with Gasteiger partial charge in [-0.1, -0.05) is 0 Å². The van der Waals surface area contributed by atoms with Gasteiger partial charge in [0, 0.05) is 31.2 Å². The van der Waals surface area contributed by atoms with Crippen molar-refractivity contribution in [1.82, 2.24) is 9.97 Å². The summed E-state index contributed by atoms with van der Waals surface area (Å²) >= 11 is 0. The van der Waals surface area contributed by atoms with Crippen LogP contribution in [0.15, 0.2) is 36.7 Å². The Bertz CT molecular complexity index is 685. The molecule has 2 heterocycles. The highest BCUT2D eigenvalue weighted by molar-refractivity contribution is 5.49. The second-order valence-corrected chi connectivity index (χ2v) is 5.85. The zero-order valence-electron chi connectivity index (χ0n) is 13.3. The van der Waals surface area contributed by atoms with E-state index in [1.54, 1.807) is 12.4 Å². The average Bonchev–Trinajstić information content (AvgIpc) is 2.62. The van der Waals surface area contributed by atoms with Crippen molar-refractivity contribution >= 4 is 5.69 Å². The van der Waals surface area contributed by atoms with Gasteiger partial charge in [0.05, 0.1) is 23.9 Å². The Labute approximate surface area is 136 Å². The summed E-state index contributed by atoms with van der Waals surface area (Å²) < 4.78 is 5.82. The molecule has 1 saturated heterocycles.